The summed E-state index contributed by atoms with van der Waals surface area (Å²) in [5, 5.41) is 6.78. The molecule has 0 saturated heterocycles. The van der Waals surface area contributed by atoms with Crippen molar-refractivity contribution < 1.29 is 9.47 Å². The molecule has 0 aliphatic carbocycles. The first kappa shape index (κ1) is 24.9. The molecular formula is C19H35IN4O2. The number of methoxy groups -OCH3 is 1. The average molecular weight is 478 g/mol. The third-order valence-corrected chi connectivity index (χ3v) is 3.87. The number of hydrogen-bond acceptors (Lipinski definition) is 4. The molecule has 0 heterocycles. The molecule has 0 aliphatic rings. The Morgan fingerprint density at radius 3 is 2.42 bits per heavy atom. The van der Waals surface area contributed by atoms with Crippen molar-refractivity contribution in [2.75, 3.05) is 53.6 Å². The summed E-state index contributed by atoms with van der Waals surface area (Å²) < 4.78 is 10.6. The van der Waals surface area contributed by atoms with Crippen molar-refractivity contribution in [3.8, 4) is 5.75 Å². The first-order valence-electron chi connectivity index (χ1n) is 9.11. The molecule has 2 N–H and O–H groups in total. The highest BCUT2D eigenvalue weighted by molar-refractivity contribution is 14.0. The molecule has 1 aromatic rings. The topological polar surface area (TPSA) is 58.1 Å². The van der Waals surface area contributed by atoms with Gasteiger partial charge in [-0.3, -0.25) is 0 Å². The van der Waals surface area contributed by atoms with E-state index < -0.39 is 0 Å². The molecule has 150 valence electrons. The van der Waals surface area contributed by atoms with Crippen LogP contribution in [0.25, 0.3) is 0 Å². The van der Waals surface area contributed by atoms with Crippen molar-refractivity contribution in [3.05, 3.63) is 29.8 Å². The van der Waals surface area contributed by atoms with Crippen LogP contribution in [-0.4, -0.2) is 64.4 Å². The molecule has 26 heavy (non-hydrogen) atoms. The maximum atomic E-state index is 5.37. The minimum atomic E-state index is 0. The number of ether oxygens (including phenoxy) is 2. The van der Waals surface area contributed by atoms with Gasteiger partial charge >= 0.3 is 0 Å². The zero-order valence-electron chi connectivity index (χ0n) is 16.6. The number of rotatable bonds is 12. The lowest BCUT2D eigenvalue weighted by atomic mass is 10.2. The van der Waals surface area contributed by atoms with Crippen molar-refractivity contribution >= 4 is 29.9 Å². The van der Waals surface area contributed by atoms with E-state index in [1.165, 1.54) is 0 Å². The largest absolute Gasteiger partial charge is 0.497 e. The van der Waals surface area contributed by atoms with Crippen molar-refractivity contribution in [1.82, 2.24) is 15.5 Å². The molecule has 7 heteroatoms. The number of nitrogens with one attached hydrogen (secondary N) is 2. The lowest BCUT2D eigenvalue weighted by Gasteiger charge is -2.17. The second-order valence-corrected chi connectivity index (χ2v) is 5.81. The fourth-order valence-corrected chi connectivity index (χ4v) is 2.12. The Morgan fingerprint density at radius 1 is 1.12 bits per heavy atom. The Kier molecular flexibility index (Phi) is 15.5. The number of guanidine groups is 1. The number of nitrogens with zero attached hydrogens (tertiary/aromatic N) is 2. The lowest BCUT2D eigenvalue weighted by molar-refractivity contribution is 0.145. The maximum Gasteiger partial charge on any atom is 0.191 e. The number of aliphatic imine (C=N–C) groups is 1. The van der Waals surface area contributed by atoms with Gasteiger partial charge in [0.2, 0.25) is 0 Å². The van der Waals surface area contributed by atoms with Crippen LogP contribution >= 0.6 is 24.0 Å². The van der Waals surface area contributed by atoms with Crippen molar-refractivity contribution in [1.29, 1.82) is 0 Å². The van der Waals surface area contributed by atoms with Gasteiger partial charge in [0.05, 0.1) is 13.7 Å². The Bertz CT molecular complexity index is 483. The SMILES string of the molecule is CCOCCCNC(=NCc1ccc(OC)cc1)NCCN(C)CC.I. The fraction of sp³-hybridized carbons (Fsp3) is 0.632. The van der Waals surface area contributed by atoms with Gasteiger partial charge in [0, 0.05) is 32.8 Å². The third-order valence-electron chi connectivity index (χ3n) is 3.87. The Hall–Kier alpha value is -1.06. The van der Waals surface area contributed by atoms with Crippen LogP contribution in [0, 0.1) is 0 Å². The molecular weight excluding hydrogens is 443 g/mol. The monoisotopic (exact) mass is 478 g/mol. The predicted octanol–water partition coefficient (Wildman–Crippen LogP) is 2.73. The zero-order chi connectivity index (χ0) is 18.3. The summed E-state index contributed by atoms with van der Waals surface area (Å²) in [4.78, 5) is 6.95. The van der Waals surface area contributed by atoms with E-state index in [9.17, 15) is 0 Å². The maximum absolute atomic E-state index is 5.37. The van der Waals surface area contributed by atoms with Gasteiger partial charge in [-0.15, -0.1) is 24.0 Å². The molecule has 0 atom stereocenters. The molecule has 0 bridgehead atoms. The Morgan fingerprint density at radius 2 is 1.81 bits per heavy atom. The highest BCUT2D eigenvalue weighted by atomic mass is 127. The Balaban J connectivity index is 0.00000625. The smallest absolute Gasteiger partial charge is 0.191 e. The van der Waals surface area contributed by atoms with Gasteiger partial charge in [-0.1, -0.05) is 19.1 Å². The minimum Gasteiger partial charge on any atom is -0.497 e. The lowest BCUT2D eigenvalue weighted by Crippen LogP contribution is -2.41. The number of likely N-dealkylation sites (N-methyl/N-ethyl adjacent to an activating group) is 1. The van der Waals surface area contributed by atoms with E-state index in [4.69, 9.17) is 9.47 Å². The first-order chi connectivity index (χ1) is 12.2. The highest BCUT2D eigenvalue weighted by Crippen LogP contribution is 2.11. The molecule has 0 fully saturated rings. The van der Waals surface area contributed by atoms with Crippen LogP contribution < -0.4 is 15.4 Å². The van der Waals surface area contributed by atoms with Crippen LogP contribution in [0.15, 0.2) is 29.3 Å². The standard InChI is InChI=1S/C19H34N4O2.HI/c1-5-23(3)14-13-21-19(20-12-7-15-25-6-2)22-16-17-8-10-18(24-4)11-9-17;/h8-11H,5-7,12-16H2,1-4H3,(H2,20,21,22);1H. The van der Waals surface area contributed by atoms with Crippen LogP contribution in [0.3, 0.4) is 0 Å². The van der Waals surface area contributed by atoms with Gasteiger partial charge in [0.15, 0.2) is 5.96 Å². The van der Waals surface area contributed by atoms with Crippen molar-refractivity contribution in [2.24, 2.45) is 4.99 Å². The summed E-state index contributed by atoms with van der Waals surface area (Å²) >= 11 is 0. The van der Waals surface area contributed by atoms with Gasteiger partial charge in [0.1, 0.15) is 5.75 Å². The summed E-state index contributed by atoms with van der Waals surface area (Å²) in [5.41, 5.74) is 1.15. The van der Waals surface area contributed by atoms with Crippen LogP contribution in [0.1, 0.15) is 25.8 Å². The molecule has 6 nitrogen and oxygen atoms in total. The summed E-state index contributed by atoms with van der Waals surface area (Å²) in [7, 11) is 3.79. The van der Waals surface area contributed by atoms with E-state index in [0.29, 0.717) is 6.54 Å². The summed E-state index contributed by atoms with van der Waals surface area (Å²) in [6, 6.07) is 8.01. The summed E-state index contributed by atoms with van der Waals surface area (Å²) in [5.74, 6) is 1.71. The van der Waals surface area contributed by atoms with Gasteiger partial charge in [-0.05, 0) is 44.6 Å². The van der Waals surface area contributed by atoms with Crippen LogP contribution in [0.5, 0.6) is 5.75 Å². The highest BCUT2D eigenvalue weighted by Gasteiger charge is 2.01. The van der Waals surface area contributed by atoms with E-state index in [0.717, 1.165) is 63.1 Å². The second-order valence-electron chi connectivity index (χ2n) is 5.81. The van der Waals surface area contributed by atoms with E-state index in [-0.39, 0.29) is 24.0 Å². The normalized spacial score (nSPS) is 11.2. The third kappa shape index (κ3) is 11.5. The van der Waals surface area contributed by atoms with E-state index in [1.54, 1.807) is 7.11 Å². The van der Waals surface area contributed by atoms with Gasteiger partial charge in [-0.2, -0.15) is 0 Å². The summed E-state index contributed by atoms with van der Waals surface area (Å²) in [6.45, 7) is 10.1. The fourth-order valence-electron chi connectivity index (χ4n) is 2.12. The second kappa shape index (κ2) is 16.1. The molecule has 0 radical (unpaired) electrons. The van der Waals surface area contributed by atoms with Crippen molar-refractivity contribution in [2.45, 2.75) is 26.8 Å². The summed E-state index contributed by atoms with van der Waals surface area (Å²) in [6.07, 6.45) is 0.964. The van der Waals surface area contributed by atoms with Gasteiger partial charge < -0.3 is 25.0 Å². The van der Waals surface area contributed by atoms with Crippen LogP contribution in [-0.2, 0) is 11.3 Å². The van der Waals surface area contributed by atoms with E-state index >= 15 is 0 Å². The molecule has 0 unspecified atom stereocenters. The zero-order valence-corrected chi connectivity index (χ0v) is 18.9. The minimum absolute atomic E-state index is 0. The van der Waals surface area contributed by atoms with Crippen LogP contribution in [0.2, 0.25) is 0 Å². The number of halogens is 1. The molecule has 1 rings (SSSR count). The van der Waals surface area contributed by atoms with Gasteiger partial charge in [0.25, 0.3) is 0 Å². The predicted molar refractivity (Wildman–Crippen MR) is 120 cm³/mol. The van der Waals surface area contributed by atoms with E-state index in [2.05, 4.69) is 34.5 Å². The quantitative estimate of drug-likeness (QED) is 0.210. The number of hydrogen-bond donors (Lipinski definition) is 2. The van der Waals surface area contributed by atoms with Crippen LogP contribution in [0.4, 0.5) is 0 Å². The van der Waals surface area contributed by atoms with Gasteiger partial charge in [-0.25, -0.2) is 4.99 Å². The molecule has 1 aromatic carbocycles. The number of benzene rings is 1. The molecule has 0 spiro atoms. The average Bonchev–Trinajstić information content (AvgIpc) is 2.65. The molecule has 0 aliphatic heterocycles. The molecule has 0 aromatic heterocycles. The molecule has 0 saturated carbocycles. The molecule has 0 amide bonds. The van der Waals surface area contributed by atoms with Crippen molar-refractivity contribution in [3.63, 3.8) is 0 Å². The first-order valence-corrected chi connectivity index (χ1v) is 9.11. The van der Waals surface area contributed by atoms with E-state index in [1.807, 2.05) is 31.2 Å². The Labute approximate surface area is 175 Å².